The van der Waals surface area contributed by atoms with Crippen LogP contribution in [0.15, 0.2) is 52.8 Å². The van der Waals surface area contributed by atoms with Crippen LogP contribution in [0.3, 0.4) is 0 Å². The summed E-state index contributed by atoms with van der Waals surface area (Å²) in [6.45, 7) is 10.0. The Kier molecular flexibility index (Phi) is 6.41. The van der Waals surface area contributed by atoms with Crippen molar-refractivity contribution in [1.82, 2.24) is 24.4 Å². The standard InChI is InChI=1S/C30H37N5O4/c1-6-35-29(36)34-18-22-16-24(37-4)17-25(38-5)28(22)20(2)14-26(34)30(35)9-12-32(13-10-30)19-23-8-7-11-33(23)27-15-21(3)39-31-27/h7-8,11,14-17,20H,6,9-10,12-13,18-19H2,1-5H3/t20-/m0/s1. The summed E-state index contributed by atoms with van der Waals surface area (Å²) in [4.78, 5) is 20.5. The van der Waals surface area contributed by atoms with Gasteiger partial charge >= 0.3 is 6.03 Å². The molecule has 2 amide bonds. The first-order valence-corrected chi connectivity index (χ1v) is 13.8. The van der Waals surface area contributed by atoms with Crippen LogP contribution in [0.4, 0.5) is 4.79 Å². The second kappa shape index (κ2) is 9.79. The number of piperidine rings is 1. The molecule has 39 heavy (non-hydrogen) atoms. The number of carbonyl (C=O) groups excluding carboxylic acids is 1. The number of hydrogen-bond donors (Lipinski definition) is 0. The van der Waals surface area contributed by atoms with Crippen LogP contribution in [-0.4, -0.2) is 69.8 Å². The average molecular weight is 532 g/mol. The molecule has 206 valence electrons. The number of hydrogen-bond acceptors (Lipinski definition) is 6. The Bertz CT molecular complexity index is 1410. The van der Waals surface area contributed by atoms with E-state index in [9.17, 15) is 4.79 Å². The monoisotopic (exact) mass is 531 g/mol. The van der Waals surface area contributed by atoms with Crippen LogP contribution in [-0.2, 0) is 13.1 Å². The van der Waals surface area contributed by atoms with Crippen molar-refractivity contribution >= 4 is 6.03 Å². The van der Waals surface area contributed by atoms with Crippen molar-refractivity contribution in [2.45, 2.75) is 58.2 Å². The predicted octanol–water partition coefficient (Wildman–Crippen LogP) is 5.08. The predicted molar refractivity (Wildman–Crippen MR) is 147 cm³/mol. The fraction of sp³-hybridized carbons (Fsp3) is 0.467. The van der Waals surface area contributed by atoms with Crippen LogP contribution in [0.25, 0.3) is 5.82 Å². The van der Waals surface area contributed by atoms with Gasteiger partial charge in [-0.3, -0.25) is 9.80 Å². The molecular weight excluding hydrogens is 494 g/mol. The molecule has 3 aliphatic heterocycles. The molecule has 0 saturated carbocycles. The third kappa shape index (κ3) is 4.11. The zero-order valence-corrected chi connectivity index (χ0v) is 23.4. The molecule has 1 aromatic carbocycles. The minimum Gasteiger partial charge on any atom is -0.497 e. The molecule has 2 fully saturated rings. The number of ether oxygens (including phenoxy) is 2. The van der Waals surface area contributed by atoms with Gasteiger partial charge in [-0.1, -0.05) is 18.2 Å². The second-order valence-electron chi connectivity index (χ2n) is 10.8. The summed E-state index contributed by atoms with van der Waals surface area (Å²) >= 11 is 0. The van der Waals surface area contributed by atoms with Crippen molar-refractivity contribution in [3.05, 3.63) is 70.9 Å². The van der Waals surface area contributed by atoms with E-state index in [2.05, 4.69) is 51.6 Å². The highest BCUT2D eigenvalue weighted by atomic mass is 16.5. The maximum absolute atomic E-state index is 13.9. The molecule has 9 heteroatoms. The van der Waals surface area contributed by atoms with Crippen molar-refractivity contribution in [1.29, 1.82) is 0 Å². The second-order valence-corrected chi connectivity index (χ2v) is 10.8. The number of aromatic nitrogens is 2. The summed E-state index contributed by atoms with van der Waals surface area (Å²) in [7, 11) is 3.36. The molecule has 1 spiro atoms. The lowest BCUT2D eigenvalue weighted by molar-refractivity contribution is 0.0879. The Morgan fingerprint density at radius 3 is 2.62 bits per heavy atom. The van der Waals surface area contributed by atoms with Crippen molar-refractivity contribution in [3.8, 4) is 17.3 Å². The maximum Gasteiger partial charge on any atom is 0.325 e. The number of urea groups is 1. The van der Waals surface area contributed by atoms with Gasteiger partial charge in [0.1, 0.15) is 17.3 Å². The first-order valence-electron chi connectivity index (χ1n) is 13.8. The van der Waals surface area contributed by atoms with Crippen LogP contribution in [0.2, 0.25) is 0 Å². The normalized spacial score (nSPS) is 20.6. The number of likely N-dealkylation sites (tertiary alicyclic amines) is 1. The van der Waals surface area contributed by atoms with E-state index in [0.29, 0.717) is 13.1 Å². The molecule has 2 aromatic heterocycles. The Morgan fingerprint density at radius 1 is 1.15 bits per heavy atom. The van der Waals surface area contributed by atoms with E-state index < -0.39 is 0 Å². The molecule has 0 radical (unpaired) electrons. The number of carbonyl (C=O) groups is 1. The molecule has 3 aromatic rings. The summed E-state index contributed by atoms with van der Waals surface area (Å²) < 4.78 is 18.7. The number of fused-ring (bicyclic) bond motifs is 3. The van der Waals surface area contributed by atoms with Crippen LogP contribution in [0.5, 0.6) is 11.5 Å². The van der Waals surface area contributed by atoms with E-state index in [1.165, 1.54) is 5.69 Å². The molecular formula is C30H37N5O4. The molecule has 2 saturated heterocycles. The van der Waals surface area contributed by atoms with Crippen LogP contribution >= 0.6 is 0 Å². The van der Waals surface area contributed by atoms with Gasteiger partial charge in [-0.2, -0.15) is 0 Å². The van der Waals surface area contributed by atoms with Gasteiger partial charge in [0.2, 0.25) is 0 Å². The molecule has 6 rings (SSSR count). The molecule has 0 unspecified atom stereocenters. The lowest BCUT2D eigenvalue weighted by Crippen LogP contribution is -2.53. The number of amides is 2. The molecule has 0 bridgehead atoms. The number of aryl methyl sites for hydroxylation is 1. The van der Waals surface area contributed by atoms with Gasteiger partial charge < -0.3 is 23.5 Å². The zero-order chi connectivity index (χ0) is 27.3. The summed E-state index contributed by atoms with van der Waals surface area (Å²) in [6, 6.07) is 10.2. The Morgan fingerprint density at radius 2 is 1.95 bits per heavy atom. The van der Waals surface area contributed by atoms with E-state index in [-0.39, 0.29) is 17.5 Å². The highest BCUT2D eigenvalue weighted by molar-refractivity contribution is 5.83. The first kappa shape index (κ1) is 25.6. The average Bonchev–Trinajstić information content (AvgIpc) is 3.60. The molecule has 0 N–H and O–H groups in total. The highest BCUT2D eigenvalue weighted by Crippen LogP contribution is 2.49. The highest BCUT2D eigenvalue weighted by Gasteiger charge is 2.54. The third-order valence-electron chi connectivity index (χ3n) is 8.68. The van der Waals surface area contributed by atoms with Gasteiger partial charge in [-0.15, -0.1) is 0 Å². The lowest BCUT2D eigenvalue weighted by Gasteiger charge is -2.44. The fourth-order valence-electron chi connectivity index (χ4n) is 6.81. The smallest absolute Gasteiger partial charge is 0.325 e. The Balaban J connectivity index is 1.28. The van der Waals surface area contributed by atoms with E-state index in [4.69, 9.17) is 14.0 Å². The number of nitrogens with zero attached hydrogens (tertiary/aromatic N) is 5. The van der Waals surface area contributed by atoms with Crippen molar-refractivity contribution in [2.24, 2.45) is 0 Å². The summed E-state index contributed by atoms with van der Waals surface area (Å²) in [6.07, 6.45) is 6.12. The number of allylic oxidation sites excluding steroid dienone is 1. The quantitative estimate of drug-likeness (QED) is 0.441. The van der Waals surface area contributed by atoms with Gasteiger partial charge in [-0.05, 0) is 50.5 Å². The Labute approximate surface area is 229 Å². The maximum atomic E-state index is 13.9. The van der Waals surface area contributed by atoms with Crippen LogP contribution < -0.4 is 9.47 Å². The van der Waals surface area contributed by atoms with E-state index in [1.807, 2.05) is 36.2 Å². The van der Waals surface area contributed by atoms with Gasteiger partial charge in [-0.25, -0.2) is 4.79 Å². The van der Waals surface area contributed by atoms with E-state index >= 15 is 0 Å². The molecule has 9 nitrogen and oxygen atoms in total. The van der Waals surface area contributed by atoms with Gasteiger partial charge in [0.15, 0.2) is 5.82 Å². The minimum atomic E-state index is -0.304. The SMILES string of the molecule is CCN1C(=O)N2Cc3cc(OC)cc(OC)c3[C@@H](C)C=C2C12CCN(Cc1cccn1-c1cc(C)on1)CC2. The first-order chi connectivity index (χ1) is 18.9. The molecule has 5 heterocycles. The molecule has 1 atom stereocenters. The minimum absolute atomic E-state index is 0.0920. The van der Waals surface area contributed by atoms with E-state index in [1.54, 1.807) is 14.2 Å². The summed E-state index contributed by atoms with van der Waals surface area (Å²) in [5.74, 6) is 3.26. The van der Waals surface area contributed by atoms with Crippen molar-refractivity contribution in [3.63, 3.8) is 0 Å². The van der Waals surface area contributed by atoms with Gasteiger partial charge in [0.25, 0.3) is 0 Å². The van der Waals surface area contributed by atoms with Crippen molar-refractivity contribution < 1.29 is 18.8 Å². The number of likely N-dealkylation sites (N-methyl/N-ethyl adjacent to an activating group) is 1. The largest absolute Gasteiger partial charge is 0.497 e. The van der Waals surface area contributed by atoms with Crippen molar-refractivity contribution in [2.75, 3.05) is 33.9 Å². The Hall–Kier alpha value is -3.72. The number of benzene rings is 1. The topological polar surface area (TPSA) is 76.2 Å². The summed E-state index contributed by atoms with van der Waals surface area (Å²) in [5.41, 5.74) is 4.22. The van der Waals surface area contributed by atoms with Gasteiger partial charge in [0.05, 0.1) is 26.3 Å². The van der Waals surface area contributed by atoms with Crippen LogP contribution in [0, 0.1) is 6.92 Å². The zero-order valence-electron chi connectivity index (χ0n) is 23.4. The van der Waals surface area contributed by atoms with E-state index in [0.717, 1.165) is 72.4 Å². The summed E-state index contributed by atoms with van der Waals surface area (Å²) in [5, 5.41) is 4.20. The van der Waals surface area contributed by atoms with Crippen LogP contribution in [0.1, 0.15) is 55.2 Å². The number of rotatable bonds is 6. The lowest BCUT2D eigenvalue weighted by atomic mass is 9.82. The molecule has 3 aliphatic rings. The van der Waals surface area contributed by atoms with Gasteiger partial charge in [0, 0.05) is 67.4 Å². The third-order valence-corrected chi connectivity index (χ3v) is 8.68. The molecule has 0 aliphatic carbocycles. The fourth-order valence-corrected chi connectivity index (χ4v) is 6.81. The number of methoxy groups -OCH3 is 2.